The second-order valence-electron chi connectivity index (χ2n) is 13.1. The van der Waals surface area contributed by atoms with E-state index in [-0.39, 0.29) is 133 Å². The number of carbonyl (C=O) groups excluding carboxylic acids is 2. The molecule has 57 heavy (non-hydrogen) atoms. The number of methoxy groups -OCH3 is 1. The molecule has 13 heteroatoms. The minimum atomic E-state index is -1.37. The van der Waals surface area contributed by atoms with Gasteiger partial charge in [-0.05, 0) is 77.6 Å². The number of hydrogen-bond acceptors (Lipinski definition) is 11. The van der Waals surface area contributed by atoms with Crippen LogP contribution in [0.5, 0.6) is 5.75 Å². The molecule has 0 atom stereocenters. The van der Waals surface area contributed by atoms with E-state index < -0.39 is 11.4 Å². The molecule has 0 fully saturated rings. The molecule has 0 saturated heterocycles. The average molecular weight is 1080 g/mol. The maximum atomic E-state index is 12.8. The van der Waals surface area contributed by atoms with Gasteiger partial charge in [-0.2, -0.15) is 0 Å². The van der Waals surface area contributed by atoms with Gasteiger partial charge in [0.1, 0.15) is 19.0 Å². The van der Waals surface area contributed by atoms with Crippen LogP contribution in [-0.4, -0.2) is 104 Å². The van der Waals surface area contributed by atoms with E-state index in [0.29, 0.717) is 64.0 Å². The summed E-state index contributed by atoms with van der Waals surface area (Å²) in [6.45, 7) is 8.07. The van der Waals surface area contributed by atoms with Crippen molar-refractivity contribution in [1.29, 1.82) is 0 Å². The summed E-state index contributed by atoms with van der Waals surface area (Å²) in [5.41, 5.74) is 7.98. The molecule has 0 saturated carbocycles. The third-order valence-corrected chi connectivity index (χ3v) is 9.40. The molecule has 0 amide bonds. The summed E-state index contributed by atoms with van der Waals surface area (Å²) in [5, 5.41) is 21.6. The maximum Gasteiger partial charge on any atom is 1.00 e. The first-order valence-electron chi connectivity index (χ1n) is 18.4. The van der Waals surface area contributed by atoms with Gasteiger partial charge in [0.05, 0.1) is 90.3 Å². The largest absolute Gasteiger partial charge is 1.00 e. The van der Waals surface area contributed by atoms with Crippen LogP contribution in [0.3, 0.4) is 0 Å². The fraction of sp³-hybridized carbons (Fsp3) is 0.386. The molecule has 1 aliphatic carbocycles. The van der Waals surface area contributed by atoms with Crippen LogP contribution in [0.1, 0.15) is 54.9 Å². The van der Waals surface area contributed by atoms with E-state index in [1.54, 1.807) is 19.2 Å². The minimum Gasteiger partial charge on any atom is -0.545 e. The molecule has 0 spiro atoms. The summed E-state index contributed by atoms with van der Waals surface area (Å²) in [4.78, 5) is 24.7. The van der Waals surface area contributed by atoms with Crippen LogP contribution >= 0.6 is 0 Å². The molecular formula is C44H49CsO11Os. The van der Waals surface area contributed by atoms with Crippen molar-refractivity contribution in [2.45, 2.75) is 25.9 Å². The van der Waals surface area contributed by atoms with Gasteiger partial charge < -0.3 is 53.0 Å². The van der Waals surface area contributed by atoms with Crippen LogP contribution < -0.4 is 78.7 Å². The van der Waals surface area contributed by atoms with Gasteiger partial charge in [0.25, 0.3) is 0 Å². The standard InChI is InChI=1S/C44H50O11.Cs.Os/c1-31-4-9-37-38-10-5-32(2)27-41(38)44(40(37)26-31,35-7-6-34(33(28-35)12-13-45)30-54-23-22-52-19-18-50-15-14-46)36-8-11-42(39(29-36)43(47)48)55-25-24-53-21-20-51-17-16-49-3;;/h4-12,26-29,46H,14-25,30H2,1-3H3,(H,47,48);;/q;+1;/p-1. The van der Waals surface area contributed by atoms with Crippen LogP contribution in [0.2, 0.25) is 0 Å². The van der Waals surface area contributed by atoms with Gasteiger partial charge >= 0.3 is 68.9 Å². The SMILES string of the molecule is COCCOCCOCCOc1ccc(C2(c3ccc(COCCOCCOCCO)c([CH+][C-]=O)c3)c3cc(C)ccc3-c3ccc(C)cc32)cc1C(=O)[O-].[Cs+].[Os]. The molecule has 4 aromatic carbocycles. The molecule has 4 aromatic rings. The van der Waals surface area contributed by atoms with Crippen molar-refractivity contribution in [2.24, 2.45) is 0 Å². The fourth-order valence-corrected chi connectivity index (χ4v) is 6.91. The minimum absolute atomic E-state index is 0. The number of carbonyl (C=O) groups is 1. The van der Waals surface area contributed by atoms with E-state index in [1.807, 2.05) is 44.4 Å². The quantitative estimate of drug-likeness (QED) is 0.0669. The summed E-state index contributed by atoms with van der Waals surface area (Å²) in [7, 11) is 1.61. The first-order chi connectivity index (χ1) is 26.8. The number of carboxylic acids is 1. The fourth-order valence-electron chi connectivity index (χ4n) is 6.91. The smallest absolute Gasteiger partial charge is 0.545 e. The van der Waals surface area contributed by atoms with Crippen molar-refractivity contribution in [3.8, 4) is 16.9 Å². The predicted molar refractivity (Wildman–Crippen MR) is 204 cm³/mol. The van der Waals surface area contributed by atoms with E-state index in [2.05, 4.69) is 36.4 Å². The number of rotatable bonds is 25. The number of benzene rings is 4. The molecule has 1 aliphatic rings. The number of aliphatic hydroxyl groups is 1. The van der Waals surface area contributed by atoms with Crippen molar-refractivity contribution >= 4 is 12.3 Å². The van der Waals surface area contributed by atoms with Gasteiger partial charge in [0, 0.05) is 43.6 Å². The Balaban J connectivity index is 0.00000435. The summed E-state index contributed by atoms with van der Waals surface area (Å²) in [5.74, 6) is -1.20. The molecule has 0 aliphatic heterocycles. The van der Waals surface area contributed by atoms with Crippen molar-refractivity contribution in [3.05, 3.63) is 129 Å². The molecule has 5 rings (SSSR count). The van der Waals surface area contributed by atoms with Crippen molar-refractivity contribution in [2.75, 3.05) is 86.4 Å². The molecule has 0 aromatic heterocycles. The molecule has 0 radical (unpaired) electrons. The van der Waals surface area contributed by atoms with Crippen molar-refractivity contribution in [1.82, 2.24) is 0 Å². The van der Waals surface area contributed by atoms with Crippen molar-refractivity contribution in [3.63, 3.8) is 0 Å². The Morgan fingerprint density at radius 3 is 1.79 bits per heavy atom. The maximum absolute atomic E-state index is 12.8. The third kappa shape index (κ3) is 12.8. The Labute approximate surface area is 407 Å². The second-order valence-corrected chi connectivity index (χ2v) is 13.1. The van der Waals surface area contributed by atoms with Crippen LogP contribution in [0.25, 0.3) is 11.1 Å². The second kappa shape index (κ2) is 25.7. The van der Waals surface area contributed by atoms with Gasteiger partial charge in [-0.3, -0.25) is 0 Å². The number of carboxylic acid groups (broad SMARTS) is 1. The first-order valence-corrected chi connectivity index (χ1v) is 18.4. The zero-order valence-corrected chi connectivity index (χ0v) is 41.9. The zero-order valence-electron chi connectivity index (χ0n) is 33.1. The molecular weight excluding hydrogens is 1030 g/mol. The van der Waals surface area contributed by atoms with E-state index in [4.69, 9.17) is 38.3 Å². The van der Waals surface area contributed by atoms with Gasteiger partial charge in [0.15, 0.2) is 0 Å². The number of aryl methyl sites for hydroxylation is 2. The number of aromatic carboxylic acids is 1. The predicted octanol–water partition coefficient (Wildman–Crippen LogP) is 1.29. The van der Waals surface area contributed by atoms with Crippen LogP contribution in [0.15, 0.2) is 72.8 Å². The van der Waals surface area contributed by atoms with Gasteiger partial charge in [-0.15, -0.1) is 0 Å². The van der Waals surface area contributed by atoms with E-state index in [1.165, 1.54) is 6.42 Å². The Hall–Kier alpha value is -1.90. The van der Waals surface area contributed by atoms with Gasteiger partial charge in [0.2, 0.25) is 0 Å². The molecule has 0 unspecified atom stereocenters. The monoisotopic (exact) mass is 1080 g/mol. The Morgan fingerprint density at radius 1 is 0.702 bits per heavy atom. The third-order valence-electron chi connectivity index (χ3n) is 9.40. The summed E-state index contributed by atoms with van der Waals surface area (Å²) < 4.78 is 38.6. The topological polar surface area (TPSA) is 142 Å². The summed E-state index contributed by atoms with van der Waals surface area (Å²) in [6, 6.07) is 23.8. The Kier molecular flexibility index (Phi) is 22.3. The molecule has 300 valence electrons. The molecule has 0 heterocycles. The summed E-state index contributed by atoms with van der Waals surface area (Å²) >= 11 is 0. The molecule has 1 N–H and O–H groups in total. The van der Waals surface area contributed by atoms with Crippen LogP contribution in [0, 0.1) is 20.3 Å². The number of aliphatic hydroxyl groups excluding tert-OH is 1. The Morgan fingerprint density at radius 2 is 1.23 bits per heavy atom. The number of ether oxygens (including phenoxy) is 7. The molecule has 11 nitrogen and oxygen atoms in total. The number of hydrogen-bond donors (Lipinski definition) is 1. The normalized spacial score (nSPS) is 12.2. The van der Waals surface area contributed by atoms with E-state index in [9.17, 15) is 14.7 Å². The average Bonchev–Trinajstić information content (AvgIpc) is 3.46. The van der Waals surface area contributed by atoms with Crippen LogP contribution in [-0.2, 0) is 65.0 Å². The van der Waals surface area contributed by atoms with Crippen LogP contribution in [0.4, 0.5) is 0 Å². The number of fused-ring (bicyclic) bond motifs is 3. The summed E-state index contributed by atoms with van der Waals surface area (Å²) in [6.07, 6.45) is 3.34. The van der Waals surface area contributed by atoms with E-state index in [0.717, 1.165) is 44.5 Å². The zero-order chi connectivity index (χ0) is 39.0. The molecule has 0 bridgehead atoms. The Bertz CT molecular complexity index is 1830. The van der Waals surface area contributed by atoms with E-state index >= 15 is 0 Å². The van der Waals surface area contributed by atoms with Crippen molar-refractivity contribution < 1.29 is 142 Å². The first kappa shape index (κ1) is 49.5. The van der Waals surface area contributed by atoms with Gasteiger partial charge in [-0.1, -0.05) is 60.0 Å². The van der Waals surface area contributed by atoms with Gasteiger partial charge in [-0.25, -0.2) is 0 Å².